The number of aromatic nitrogens is 1. The summed E-state index contributed by atoms with van der Waals surface area (Å²) in [6.07, 6.45) is 5.46. The number of fused-ring (bicyclic) bond motifs is 1. The fourth-order valence-electron chi connectivity index (χ4n) is 3.20. The summed E-state index contributed by atoms with van der Waals surface area (Å²) in [7, 11) is 1.96. The van der Waals surface area contributed by atoms with E-state index >= 15 is 0 Å². The molecule has 3 rings (SSSR count). The second-order valence-electron chi connectivity index (χ2n) is 6.06. The first-order valence-electron chi connectivity index (χ1n) is 7.65. The first-order valence-corrected chi connectivity index (χ1v) is 7.65. The Hall–Kier alpha value is -1.81. The van der Waals surface area contributed by atoms with Crippen molar-refractivity contribution in [3.63, 3.8) is 0 Å². The highest BCUT2D eigenvalue weighted by Gasteiger charge is 2.20. The maximum atomic E-state index is 12.4. The van der Waals surface area contributed by atoms with Gasteiger partial charge in [-0.1, -0.05) is 18.2 Å². The average Bonchev–Trinajstić information content (AvgIpc) is 2.84. The minimum atomic E-state index is -0.144. The third kappa shape index (κ3) is 2.95. The van der Waals surface area contributed by atoms with E-state index in [1.807, 2.05) is 42.1 Å². The fourth-order valence-corrected chi connectivity index (χ4v) is 3.20. The van der Waals surface area contributed by atoms with E-state index in [0.717, 1.165) is 42.1 Å². The molecule has 4 nitrogen and oxygen atoms in total. The zero-order valence-corrected chi connectivity index (χ0v) is 12.4. The third-order valence-electron chi connectivity index (χ3n) is 4.51. The van der Waals surface area contributed by atoms with E-state index in [4.69, 9.17) is 0 Å². The summed E-state index contributed by atoms with van der Waals surface area (Å²) in [5, 5.41) is 13.6. The molecule has 1 aromatic heterocycles. The van der Waals surface area contributed by atoms with Gasteiger partial charge in [0.2, 0.25) is 0 Å². The number of para-hydroxylation sites is 1. The summed E-state index contributed by atoms with van der Waals surface area (Å²) in [6, 6.07) is 7.95. The van der Waals surface area contributed by atoms with Gasteiger partial charge in [-0.2, -0.15) is 0 Å². The highest BCUT2D eigenvalue weighted by molar-refractivity contribution is 6.06. The van der Waals surface area contributed by atoms with E-state index in [2.05, 4.69) is 5.32 Å². The average molecular weight is 286 g/mol. The van der Waals surface area contributed by atoms with Crippen LogP contribution < -0.4 is 5.32 Å². The molecule has 1 aliphatic carbocycles. The fraction of sp³-hybridized carbons (Fsp3) is 0.471. The monoisotopic (exact) mass is 286 g/mol. The second kappa shape index (κ2) is 5.90. The first kappa shape index (κ1) is 14.1. The molecule has 2 aromatic rings. The molecular formula is C17H22N2O2. The molecule has 2 N–H and O–H groups in total. The minimum Gasteiger partial charge on any atom is -0.393 e. The predicted molar refractivity (Wildman–Crippen MR) is 83.2 cm³/mol. The van der Waals surface area contributed by atoms with Gasteiger partial charge in [0.15, 0.2) is 0 Å². The number of aryl methyl sites for hydroxylation is 1. The van der Waals surface area contributed by atoms with Crippen LogP contribution in [0.3, 0.4) is 0 Å². The van der Waals surface area contributed by atoms with Gasteiger partial charge in [0.1, 0.15) is 0 Å². The van der Waals surface area contributed by atoms with Crippen LogP contribution in [0.5, 0.6) is 0 Å². The Kier molecular flexibility index (Phi) is 3.97. The van der Waals surface area contributed by atoms with Crippen molar-refractivity contribution in [3.8, 4) is 0 Å². The van der Waals surface area contributed by atoms with E-state index in [9.17, 15) is 9.90 Å². The van der Waals surface area contributed by atoms with Crippen molar-refractivity contribution < 1.29 is 9.90 Å². The van der Waals surface area contributed by atoms with Crippen LogP contribution in [-0.4, -0.2) is 28.2 Å². The number of nitrogens with one attached hydrogen (secondary N) is 1. The number of benzene rings is 1. The predicted octanol–water partition coefficient (Wildman–Crippen LogP) is 2.46. The molecule has 0 spiro atoms. The lowest BCUT2D eigenvalue weighted by atomic mass is 9.87. The maximum absolute atomic E-state index is 12.4. The Balaban J connectivity index is 1.67. The SMILES string of the molecule is Cn1cc(C(=O)NCC2CCC(O)CC2)c2ccccc21. The standard InChI is InChI=1S/C17H22N2O2/c1-19-11-15(14-4-2-3-5-16(14)19)17(21)18-10-12-6-8-13(20)9-7-12/h2-5,11-13,20H,6-10H2,1H3,(H,18,21). The Labute approximate surface area is 124 Å². The molecule has 1 aromatic carbocycles. The van der Waals surface area contributed by atoms with Crippen molar-refractivity contribution in [2.45, 2.75) is 31.8 Å². The highest BCUT2D eigenvalue weighted by atomic mass is 16.3. The Morgan fingerprint density at radius 3 is 2.76 bits per heavy atom. The Morgan fingerprint density at radius 1 is 1.29 bits per heavy atom. The van der Waals surface area contributed by atoms with Gasteiger partial charge in [0.25, 0.3) is 5.91 Å². The summed E-state index contributed by atoms with van der Waals surface area (Å²) in [6.45, 7) is 0.703. The summed E-state index contributed by atoms with van der Waals surface area (Å²) < 4.78 is 1.99. The summed E-state index contributed by atoms with van der Waals surface area (Å²) in [4.78, 5) is 12.4. The number of carbonyl (C=O) groups excluding carboxylic acids is 1. The Morgan fingerprint density at radius 2 is 2.00 bits per heavy atom. The highest BCUT2D eigenvalue weighted by Crippen LogP contribution is 2.24. The van der Waals surface area contributed by atoms with Crippen LogP contribution in [0, 0.1) is 5.92 Å². The van der Waals surface area contributed by atoms with E-state index < -0.39 is 0 Å². The van der Waals surface area contributed by atoms with Gasteiger partial charge in [0, 0.05) is 30.7 Å². The molecule has 4 heteroatoms. The molecule has 1 aliphatic rings. The van der Waals surface area contributed by atoms with Crippen LogP contribution in [0.4, 0.5) is 0 Å². The maximum Gasteiger partial charge on any atom is 0.253 e. The third-order valence-corrected chi connectivity index (χ3v) is 4.51. The lowest BCUT2D eigenvalue weighted by molar-refractivity contribution is 0.0911. The van der Waals surface area contributed by atoms with Crippen molar-refractivity contribution in [2.75, 3.05) is 6.54 Å². The molecule has 1 heterocycles. The molecule has 0 unspecified atom stereocenters. The number of nitrogens with zero attached hydrogens (tertiary/aromatic N) is 1. The molecule has 21 heavy (non-hydrogen) atoms. The van der Waals surface area contributed by atoms with Gasteiger partial charge in [-0.05, 0) is 37.7 Å². The van der Waals surface area contributed by atoms with Gasteiger partial charge in [-0.25, -0.2) is 0 Å². The normalized spacial score (nSPS) is 22.4. The van der Waals surface area contributed by atoms with Crippen LogP contribution in [0.2, 0.25) is 0 Å². The number of rotatable bonds is 3. The van der Waals surface area contributed by atoms with Gasteiger partial charge in [0.05, 0.1) is 11.7 Å². The van der Waals surface area contributed by atoms with Crippen molar-refractivity contribution in [1.82, 2.24) is 9.88 Å². The number of aliphatic hydroxyl groups excluding tert-OH is 1. The largest absolute Gasteiger partial charge is 0.393 e. The van der Waals surface area contributed by atoms with Crippen LogP contribution >= 0.6 is 0 Å². The molecule has 112 valence electrons. The molecular weight excluding hydrogens is 264 g/mol. The summed E-state index contributed by atoms with van der Waals surface area (Å²) in [5.41, 5.74) is 1.81. The molecule has 1 fully saturated rings. The van der Waals surface area contributed by atoms with Gasteiger partial charge in [-0.15, -0.1) is 0 Å². The number of amides is 1. The van der Waals surface area contributed by atoms with Gasteiger partial charge in [-0.3, -0.25) is 4.79 Å². The molecule has 1 saturated carbocycles. The molecule has 0 atom stereocenters. The van der Waals surface area contributed by atoms with Crippen molar-refractivity contribution in [1.29, 1.82) is 0 Å². The van der Waals surface area contributed by atoms with E-state index in [1.165, 1.54) is 0 Å². The summed E-state index contributed by atoms with van der Waals surface area (Å²) >= 11 is 0. The molecule has 0 radical (unpaired) electrons. The van der Waals surface area contributed by atoms with Crippen molar-refractivity contribution >= 4 is 16.8 Å². The smallest absolute Gasteiger partial charge is 0.253 e. The minimum absolute atomic E-state index is 0.00192. The number of hydrogen-bond donors (Lipinski definition) is 2. The lowest BCUT2D eigenvalue weighted by Crippen LogP contribution is -2.32. The number of carbonyl (C=O) groups is 1. The summed E-state index contributed by atoms with van der Waals surface area (Å²) in [5.74, 6) is 0.491. The number of hydrogen-bond acceptors (Lipinski definition) is 2. The molecule has 0 saturated heterocycles. The molecule has 1 amide bonds. The second-order valence-corrected chi connectivity index (χ2v) is 6.06. The zero-order chi connectivity index (χ0) is 14.8. The van der Waals surface area contributed by atoms with Crippen molar-refractivity contribution in [3.05, 3.63) is 36.0 Å². The molecule has 0 aliphatic heterocycles. The van der Waals surface area contributed by atoms with Crippen LogP contribution in [-0.2, 0) is 7.05 Å². The van der Waals surface area contributed by atoms with E-state index in [-0.39, 0.29) is 12.0 Å². The van der Waals surface area contributed by atoms with Crippen molar-refractivity contribution in [2.24, 2.45) is 13.0 Å². The zero-order valence-electron chi connectivity index (χ0n) is 12.4. The van der Waals surface area contributed by atoms with Crippen LogP contribution in [0.1, 0.15) is 36.0 Å². The number of aliphatic hydroxyl groups is 1. The van der Waals surface area contributed by atoms with E-state index in [1.54, 1.807) is 0 Å². The van der Waals surface area contributed by atoms with Crippen LogP contribution in [0.25, 0.3) is 10.9 Å². The Bertz CT molecular complexity index is 639. The van der Waals surface area contributed by atoms with Gasteiger partial charge < -0.3 is 15.0 Å². The topological polar surface area (TPSA) is 54.3 Å². The quantitative estimate of drug-likeness (QED) is 0.910. The first-order chi connectivity index (χ1) is 10.1. The lowest BCUT2D eigenvalue weighted by Gasteiger charge is -2.25. The van der Waals surface area contributed by atoms with Gasteiger partial charge >= 0.3 is 0 Å². The van der Waals surface area contributed by atoms with E-state index in [0.29, 0.717) is 12.5 Å². The molecule has 0 bridgehead atoms. The van der Waals surface area contributed by atoms with Crippen LogP contribution in [0.15, 0.2) is 30.5 Å².